The van der Waals surface area contributed by atoms with Crippen molar-refractivity contribution in [3.63, 3.8) is 0 Å². The Balaban J connectivity index is 0.00000361. The number of esters is 1. The summed E-state index contributed by atoms with van der Waals surface area (Å²) >= 11 is 0. The number of methoxy groups -OCH3 is 1. The summed E-state index contributed by atoms with van der Waals surface area (Å²) in [6.45, 7) is 0. The Bertz CT molecular complexity index is 1300. The van der Waals surface area contributed by atoms with Crippen LogP contribution >= 0.6 is 12.4 Å². The third-order valence-corrected chi connectivity index (χ3v) is 6.25. The van der Waals surface area contributed by atoms with E-state index in [-0.39, 0.29) is 41.7 Å². The molecule has 1 aliphatic carbocycles. The van der Waals surface area contributed by atoms with Crippen LogP contribution in [0.25, 0.3) is 16.9 Å². The lowest BCUT2D eigenvalue weighted by Gasteiger charge is -2.27. The third kappa shape index (κ3) is 5.80. The molecular formula is C26H28ClN5O4. The van der Waals surface area contributed by atoms with Crippen molar-refractivity contribution in [1.29, 1.82) is 5.41 Å². The van der Waals surface area contributed by atoms with Crippen molar-refractivity contribution in [3.05, 3.63) is 82.1 Å². The Labute approximate surface area is 214 Å². The number of rotatable bonds is 6. The number of ether oxygens (including phenoxy) is 1. The van der Waals surface area contributed by atoms with Crippen molar-refractivity contribution >= 4 is 30.1 Å². The average Bonchev–Trinajstić information content (AvgIpc) is 2.89. The van der Waals surface area contributed by atoms with Crippen LogP contribution in [0.4, 0.5) is 0 Å². The number of amidine groups is 1. The lowest BCUT2D eigenvalue weighted by molar-refractivity contribution is -0.146. The van der Waals surface area contributed by atoms with Crippen molar-refractivity contribution in [2.24, 2.45) is 11.7 Å². The Morgan fingerprint density at radius 1 is 1.06 bits per heavy atom. The maximum atomic E-state index is 13.3. The minimum atomic E-state index is -0.527. The van der Waals surface area contributed by atoms with Crippen LogP contribution in [0, 0.1) is 11.3 Å². The van der Waals surface area contributed by atoms with E-state index in [2.05, 4.69) is 10.4 Å². The van der Waals surface area contributed by atoms with Crippen molar-refractivity contribution < 1.29 is 14.3 Å². The van der Waals surface area contributed by atoms with Gasteiger partial charge in [0.15, 0.2) is 0 Å². The molecule has 4 rings (SSSR count). The van der Waals surface area contributed by atoms with E-state index in [1.807, 2.05) is 6.07 Å². The number of carbonyl (C=O) groups excluding carboxylic acids is 2. The molecule has 0 atom stereocenters. The summed E-state index contributed by atoms with van der Waals surface area (Å²) in [4.78, 5) is 38.3. The van der Waals surface area contributed by atoms with Crippen molar-refractivity contribution in [2.45, 2.75) is 31.7 Å². The van der Waals surface area contributed by atoms with E-state index >= 15 is 0 Å². The van der Waals surface area contributed by atoms with Gasteiger partial charge in [0.05, 0.1) is 24.4 Å². The van der Waals surface area contributed by atoms with E-state index in [0.29, 0.717) is 48.2 Å². The average molecular weight is 510 g/mol. The molecule has 4 N–H and O–H groups in total. The first kappa shape index (κ1) is 26.6. The van der Waals surface area contributed by atoms with Gasteiger partial charge in [0.25, 0.3) is 11.5 Å². The fourth-order valence-corrected chi connectivity index (χ4v) is 4.27. The first-order valence-corrected chi connectivity index (χ1v) is 11.4. The van der Waals surface area contributed by atoms with Crippen LogP contribution in [0.1, 0.15) is 41.6 Å². The summed E-state index contributed by atoms with van der Waals surface area (Å²) in [5, 5.41) is 15.0. The Morgan fingerprint density at radius 3 is 2.28 bits per heavy atom. The third-order valence-electron chi connectivity index (χ3n) is 6.25. The van der Waals surface area contributed by atoms with Crippen LogP contribution in [0.2, 0.25) is 0 Å². The van der Waals surface area contributed by atoms with Crippen molar-refractivity contribution in [2.75, 3.05) is 7.11 Å². The van der Waals surface area contributed by atoms with E-state index < -0.39 is 11.5 Å². The molecule has 0 unspecified atom stereocenters. The van der Waals surface area contributed by atoms with Gasteiger partial charge in [-0.05, 0) is 43.9 Å². The Hall–Kier alpha value is -3.98. The SMILES string of the molecule is COC(=O)[C@H]1CC[C@H](NC(=O)c2cc(-c3ccc(C(=N)N)cc3)nn(-c3ccccc3)c2=O)CC1.Cl. The number of amides is 1. The molecule has 1 heterocycles. The van der Waals surface area contributed by atoms with Gasteiger partial charge in [-0.3, -0.25) is 19.8 Å². The first-order valence-electron chi connectivity index (χ1n) is 11.4. The molecule has 1 aliphatic rings. The van der Waals surface area contributed by atoms with Crippen LogP contribution in [0.15, 0.2) is 65.5 Å². The minimum absolute atomic E-state index is 0. The second-order valence-electron chi connectivity index (χ2n) is 8.53. The highest BCUT2D eigenvalue weighted by molar-refractivity contribution is 5.96. The van der Waals surface area contributed by atoms with Crippen molar-refractivity contribution in [3.8, 4) is 16.9 Å². The van der Waals surface area contributed by atoms with E-state index in [1.165, 1.54) is 17.9 Å². The molecule has 1 aromatic heterocycles. The van der Waals surface area contributed by atoms with E-state index in [4.69, 9.17) is 15.9 Å². The van der Waals surface area contributed by atoms with Crippen LogP contribution in [0.5, 0.6) is 0 Å². The number of nitrogen functional groups attached to an aromatic ring is 1. The summed E-state index contributed by atoms with van der Waals surface area (Å²) in [5.41, 5.74) is 7.20. The van der Waals surface area contributed by atoms with Gasteiger partial charge in [0.1, 0.15) is 11.4 Å². The molecule has 2 aromatic carbocycles. The number of hydrogen-bond donors (Lipinski definition) is 3. The molecule has 0 bridgehead atoms. The summed E-state index contributed by atoms with van der Waals surface area (Å²) in [5.74, 6) is -0.921. The minimum Gasteiger partial charge on any atom is -0.469 e. The van der Waals surface area contributed by atoms with Gasteiger partial charge >= 0.3 is 5.97 Å². The smallest absolute Gasteiger partial charge is 0.308 e. The number of carbonyl (C=O) groups is 2. The molecule has 3 aromatic rings. The number of para-hydroxylation sites is 1. The Morgan fingerprint density at radius 2 is 1.69 bits per heavy atom. The number of hydrogen-bond acceptors (Lipinski definition) is 6. The van der Waals surface area contributed by atoms with Crippen LogP contribution in [-0.2, 0) is 9.53 Å². The number of nitrogens with one attached hydrogen (secondary N) is 2. The van der Waals surface area contributed by atoms with Crippen LogP contribution in [0.3, 0.4) is 0 Å². The lowest BCUT2D eigenvalue weighted by Crippen LogP contribution is -2.41. The molecule has 0 radical (unpaired) electrons. The van der Waals surface area contributed by atoms with Gasteiger partial charge in [-0.2, -0.15) is 9.78 Å². The fourth-order valence-electron chi connectivity index (χ4n) is 4.27. The predicted molar refractivity (Wildman–Crippen MR) is 139 cm³/mol. The van der Waals surface area contributed by atoms with E-state index in [0.717, 1.165) is 0 Å². The Kier molecular flexibility index (Phi) is 8.60. The summed E-state index contributed by atoms with van der Waals surface area (Å²) in [7, 11) is 1.38. The summed E-state index contributed by atoms with van der Waals surface area (Å²) in [6, 6.07) is 17.1. The number of nitrogens with zero attached hydrogens (tertiary/aromatic N) is 2. The highest BCUT2D eigenvalue weighted by Gasteiger charge is 2.28. The second-order valence-corrected chi connectivity index (χ2v) is 8.53. The molecular weight excluding hydrogens is 482 g/mol. The molecule has 188 valence electrons. The second kappa shape index (κ2) is 11.6. The molecule has 0 saturated heterocycles. The quantitative estimate of drug-likeness (QED) is 0.265. The molecule has 1 fully saturated rings. The molecule has 10 heteroatoms. The van der Waals surface area contributed by atoms with Crippen LogP contribution < -0.4 is 16.6 Å². The lowest BCUT2D eigenvalue weighted by atomic mass is 9.86. The van der Waals surface area contributed by atoms with Gasteiger partial charge in [0, 0.05) is 17.2 Å². The molecule has 0 spiro atoms. The topological polar surface area (TPSA) is 140 Å². The van der Waals surface area contributed by atoms with Gasteiger partial charge in [-0.1, -0.05) is 42.5 Å². The number of nitrogens with two attached hydrogens (primary N) is 1. The molecule has 1 saturated carbocycles. The molecule has 0 aliphatic heterocycles. The molecule has 9 nitrogen and oxygen atoms in total. The number of halogens is 1. The zero-order chi connectivity index (χ0) is 24.9. The zero-order valence-corrected chi connectivity index (χ0v) is 20.6. The maximum Gasteiger partial charge on any atom is 0.308 e. The summed E-state index contributed by atoms with van der Waals surface area (Å²) in [6.07, 6.45) is 2.50. The molecule has 1 amide bonds. The largest absolute Gasteiger partial charge is 0.469 e. The van der Waals surface area contributed by atoms with Gasteiger partial charge in [0.2, 0.25) is 0 Å². The van der Waals surface area contributed by atoms with Gasteiger partial charge in [-0.15, -0.1) is 12.4 Å². The van der Waals surface area contributed by atoms with E-state index in [9.17, 15) is 14.4 Å². The van der Waals surface area contributed by atoms with Gasteiger partial charge < -0.3 is 15.8 Å². The number of benzene rings is 2. The van der Waals surface area contributed by atoms with Crippen molar-refractivity contribution in [1.82, 2.24) is 15.1 Å². The predicted octanol–water partition coefficient (Wildman–Crippen LogP) is 3.07. The highest BCUT2D eigenvalue weighted by atomic mass is 35.5. The normalized spacial score (nSPS) is 16.9. The number of aromatic nitrogens is 2. The highest BCUT2D eigenvalue weighted by Crippen LogP contribution is 2.25. The standard InChI is InChI=1S/C26H27N5O4.ClH/c1-35-26(34)18-11-13-19(14-12-18)29-24(32)21-15-22(16-7-9-17(10-8-16)23(27)28)30-31(25(21)33)20-5-3-2-4-6-20;/h2-10,15,18-19H,11-14H2,1H3,(H3,27,28)(H,29,32);1H/t18-,19-;. The monoisotopic (exact) mass is 509 g/mol. The van der Waals surface area contributed by atoms with Gasteiger partial charge in [-0.25, -0.2) is 0 Å². The molecule has 36 heavy (non-hydrogen) atoms. The van der Waals surface area contributed by atoms with Crippen LogP contribution in [-0.4, -0.2) is 40.6 Å². The maximum absolute atomic E-state index is 13.3. The zero-order valence-electron chi connectivity index (χ0n) is 19.8. The van der Waals surface area contributed by atoms with E-state index in [1.54, 1.807) is 48.5 Å². The first-order chi connectivity index (χ1) is 16.9. The fraction of sp³-hybridized carbons (Fsp3) is 0.269. The summed E-state index contributed by atoms with van der Waals surface area (Å²) < 4.78 is 6.05.